The predicted molar refractivity (Wildman–Crippen MR) is 134 cm³/mol. The van der Waals surface area contributed by atoms with E-state index in [-0.39, 0.29) is 12.0 Å². The van der Waals surface area contributed by atoms with E-state index < -0.39 is 5.60 Å². The zero-order chi connectivity index (χ0) is 24.2. The van der Waals surface area contributed by atoms with Crippen LogP contribution in [0.15, 0.2) is 53.7 Å². The number of carbonyl (C=O) groups excluding carboxylic acids is 1. The highest BCUT2D eigenvalue weighted by Crippen LogP contribution is 2.34. The van der Waals surface area contributed by atoms with Crippen LogP contribution in [-0.4, -0.2) is 33.3 Å². The number of benzene rings is 1. The first-order valence-corrected chi connectivity index (χ1v) is 11.9. The van der Waals surface area contributed by atoms with Crippen LogP contribution in [0.2, 0.25) is 0 Å². The molecule has 3 aromatic rings. The molecule has 0 unspecified atom stereocenters. The Morgan fingerprint density at radius 3 is 2.45 bits per heavy atom. The van der Waals surface area contributed by atoms with Crippen molar-refractivity contribution < 1.29 is 14.6 Å². The number of hydrogen-bond donors (Lipinski definition) is 3. The zero-order valence-corrected chi connectivity index (χ0v) is 20.6. The average molecular weight is 467 g/mol. The summed E-state index contributed by atoms with van der Waals surface area (Å²) < 4.78 is 5.91. The lowest BCUT2D eigenvalue weighted by Crippen LogP contribution is -2.15. The first-order valence-electron chi connectivity index (χ1n) is 10.6. The lowest BCUT2D eigenvalue weighted by atomic mass is 9.99. The molecule has 0 saturated carbocycles. The van der Waals surface area contributed by atoms with Gasteiger partial charge < -0.3 is 20.5 Å². The molecule has 0 radical (unpaired) electrons. The van der Waals surface area contributed by atoms with Crippen LogP contribution in [0, 0.1) is 0 Å². The molecule has 0 aliphatic heterocycles. The summed E-state index contributed by atoms with van der Waals surface area (Å²) in [7, 11) is 0. The van der Waals surface area contributed by atoms with Gasteiger partial charge in [0, 0.05) is 53.2 Å². The second-order valence-corrected chi connectivity index (χ2v) is 9.36. The van der Waals surface area contributed by atoms with Gasteiger partial charge in [-0.15, -0.1) is 11.8 Å². The van der Waals surface area contributed by atoms with Crippen LogP contribution in [0.1, 0.15) is 40.2 Å². The Balaban J connectivity index is 2.04. The van der Waals surface area contributed by atoms with E-state index in [0.29, 0.717) is 17.1 Å². The highest BCUT2D eigenvalue weighted by molar-refractivity contribution is 7.98. The van der Waals surface area contributed by atoms with Gasteiger partial charge in [-0.05, 0) is 52.1 Å². The molecule has 33 heavy (non-hydrogen) atoms. The third kappa shape index (κ3) is 6.69. The van der Waals surface area contributed by atoms with Crippen LogP contribution in [0.25, 0.3) is 11.3 Å². The molecule has 7 nitrogen and oxygen atoms in total. The predicted octanol–water partition coefficient (Wildman–Crippen LogP) is 5.58. The summed E-state index contributed by atoms with van der Waals surface area (Å²) in [6, 6.07) is 11.4. The third-order valence-electron chi connectivity index (χ3n) is 4.72. The Kier molecular flexibility index (Phi) is 7.61. The maximum Gasteiger partial charge on any atom is 0.222 e. The van der Waals surface area contributed by atoms with E-state index in [1.54, 1.807) is 44.1 Å². The Morgan fingerprint density at radius 1 is 1.12 bits per heavy atom. The fourth-order valence-corrected chi connectivity index (χ4v) is 3.66. The highest BCUT2D eigenvalue weighted by Gasteiger charge is 2.17. The number of thioether (sulfide) groups is 1. The van der Waals surface area contributed by atoms with Crippen molar-refractivity contribution in [1.82, 2.24) is 9.97 Å². The first-order chi connectivity index (χ1) is 15.5. The van der Waals surface area contributed by atoms with Crippen molar-refractivity contribution in [2.45, 2.75) is 51.2 Å². The first kappa shape index (κ1) is 24.5. The summed E-state index contributed by atoms with van der Waals surface area (Å²) in [6.45, 7) is 8.86. The van der Waals surface area contributed by atoms with E-state index in [9.17, 15) is 9.90 Å². The number of carbonyl (C=O) groups is 1. The molecule has 0 aliphatic carbocycles. The number of rotatable bonds is 8. The van der Waals surface area contributed by atoms with E-state index in [1.165, 1.54) is 6.92 Å². The summed E-state index contributed by atoms with van der Waals surface area (Å²) in [4.78, 5) is 21.5. The van der Waals surface area contributed by atoms with Gasteiger partial charge in [-0.2, -0.15) is 0 Å². The molecule has 0 fully saturated rings. The number of ether oxygens (including phenoxy) is 1. The Morgan fingerprint density at radius 2 is 1.88 bits per heavy atom. The molecule has 1 amide bonds. The van der Waals surface area contributed by atoms with Gasteiger partial charge in [0.15, 0.2) is 0 Å². The van der Waals surface area contributed by atoms with Crippen LogP contribution in [-0.2, 0) is 10.4 Å². The van der Waals surface area contributed by atoms with E-state index in [1.807, 2.05) is 50.4 Å². The van der Waals surface area contributed by atoms with Gasteiger partial charge in [-0.3, -0.25) is 9.78 Å². The van der Waals surface area contributed by atoms with Crippen molar-refractivity contribution in [3.8, 4) is 17.0 Å². The Hall–Kier alpha value is -3.10. The van der Waals surface area contributed by atoms with Crippen molar-refractivity contribution in [2.24, 2.45) is 0 Å². The minimum atomic E-state index is -0.981. The monoisotopic (exact) mass is 466 g/mol. The largest absolute Gasteiger partial charge is 0.491 e. The van der Waals surface area contributed by atoms with Gasteiger partial charge in [0.1, 0.15) is 11.6 Å². The minimum Gasteiger partial charge on any atom is -0.491 e. The number of aromatic nitrogens is 2. The molecular formula is C25H30N4O3S. The number of nitrogens with zero attached hydrogens (tertiary/aromatic N) is 2. The summed E-state index contributed by atoms with van der Waals surface area (Å²) in [5.74, 6) is 0.997. The average Bonchev–Trinajstić information content (AvgIpc) is 2.72. The molecular weight excluding hydrogens is 436 g/mol. The van der Waals surface area contributed by atoms with Gasteiger partial charge in [-0.25, -0.2) is 4.98 Å². The van der Waals surface area contributed by atoms with E-state index in [0.717, 1.165) is 27.6 Å². The van der Waals surface area contributed by atoms with Gasteiger partial charge in [0.25, 0.3) is 0 Å². The van der Waals surface area contributed by atoms with Crippen molar-refractivity contribution in [2.75, 3.05) is 16.9 Å². The smallest absolute Gasteiger partial charge is 0.222 e. The number of nitrogens with one attached hydrogen (secondary N) is 2. The molecule has 174 valence electrons. The number of pyridine rings is 2. The second-order valence-electron chi connectivity index (χ2n) is 8.48. The molecule has 3 rings (SSSR count). The molecule has 0 atom stereocenters. The summed E-state index contributed by atoms with van der Waals surface area (Å²) >= 11 is 1.63. The topological polar surface area (TPSA) is 96.4 Å². The van der Waals surface area contributed by atoms with Gasteiger partial charge >= 0.3 is 0 Å². The number of hydrogen-bond acceptors (Lipinski definition) is 7. The molecule has 0 saturated heterocycles. The number of aliphatic hydroxyl groups is 1. The molecule has 0 aliphatic rings. The van der Waals surface area contributed by atoms with Crippen LogP contribution in [0.5, 0.6) is 5.75 Å². The standard InChI is InChI=1S/C25H30N4O3S/c1-15(2)32-19-9-18(10-20(11-19)33-6)29-23-12-24(28-16(3)30)27-14-21(23)22-8-7-17(13-26-22)25(4,5)31/h7-15,31H,1-6H3,(H2,27,28,29,30). The van der Waals surface area contributed by atoms with Gasteiger partial charge in [-0.1, -0.05) is 6.07 Å². The fraction of sp³-hybridized carbons (Fsp3) is 0.320. The van der Waals surface area contributed by atoms with Crippen LogP contribution >= 0.6 is 11.8 Å². The van der Waals surface area contributed by atoms with Crippen LogP contribution in [0.3, 0.4) is 0 Å². The van der Waals surface area contributed by atoms with Gasteiger partial charge in [0.05, 0.1) is 23.1 Å². The quantitative estimate of drug-likeness (QED) is 0.373. The Labute approximate surface area is 199 Å². The van der Waals surface area contributed by atoms with E-state index in [2.05, 4.69) is 20.6 Å². The Bertz CT molecular complexity index is 1130. The normalized spacial score (nSPS) is 11.4. The summed E-state index contributed by atoms with van der Waals surface area (Å²) in [6.07, 6.45) is 5.39. The molecule has 2 aromatic heterocycles. The van der Waals surface area contributed by atoms with Crippen molar-refractivity contribution in [3.63, 3.8) is 0 Å². The SMILES string of the molecule is CSc1cc(Nc2cc(NC(C)=O)ncc2-c2ccc(C(C)(C)O)cn2)cc(OC(C)C)c1. The van der Waals surface area contributed by atoms with E-state index in [4.69, 9.17) is 4.74 Å². The highest BCUT2D eigenvalue weighted by atomic mass is 32.2. The molecule has 0 bridgehead atoms. The lowest BCUT2D eigenvalue weighted by molar-refractivity contribution is -0.114. The number of anilines is 3. The molecule has 0 spiro atoms. The molecule has 2 heterocycles. The minimum absolute atomic E-state index is 0.0521. The number of amides is 1. The summed E-state index contributed by atoms with van der Waals surface area (Å²) in [5, 5.41) is 16.4. The third-order valence-corrected chi connectivity index (χ3v) is 5.43. The lowest BCUT2D eigenvalue weighted by Gasteiger charge is -2.18. The fourth-order valence-electron chi connectivity index (χ4n) is 3.18. The van der Waals surface area contributed by atoms with Crippen molar-refractivity contribution in [1.29, 1.82) is 0 Å². The molecule has 8 heteroatoms. The van der Waals surface area contributed by atoms with E-state index >= 15 is 0 Å². The zero-order valence-electron chi connectivity index (χ0n) is 19.8. The molecule has 1 aromatic carbocycles. The van der Waals surface area contributed by atoms with Crippen LogP contribution in [0.4, 0.5) is 17.2 Å². The maximum absolute atomic E-state index is 11.6. The maximum atomic E-state index is 11.6. The van der Waals surface area contributed by atoms with Crippen LogP contribution < -0.4 is 15.4 Å². The van der Waals surface area contributed by atoms with Crippen molar-refractivity contribution in [3.05, 3.63) is 54.4 Å². The second kappa shape index (κ2) is 10.2. The van der Waals surface area contributed by atoms with Gasteiger partial charge in [0.2, 0.25) is 5.91 Å². The summed E-state index contributed by atoms with van der Waals surface area (Å²) in [5.41, 5.74) is 2.74. The molecule has 3 N–H and O–H groups in total. The van der Waals surface area contributed by atoms with Crippen molar-refractivity contribution >= 4 is 34.9 Å².